The van der Waals surface area contributed by atoms with Crippen LogP contribution in [0.25, 0.3) is 0 Å². The molecule has 128 valence electrons. The Labute approximate surface area is 148 Å². The van der Waals surface area contributed by atoms with E-state index in [2.05, 4.69) is 5.32 Å². The van der Waals surface area contributed by atoms with Gasteiger partial charge < -0.3 is 10.1 Å². The van der Waals surface area contributed by atoms with Crippen LogP contribution in [0.5, 0.6) is 0 Å². The Kier molecular flexibility index (Phi) is 4.67. The van der Waals surface area contributed by atoms with Crippen molar-refractivity contribution in [3.05, 3.63) is 69.6 Å². The minimum atomic E-state index is -0.728. The number of nitrogens with one attached hydrogen (secondary N) is 1. The average Bonchev–Trinajstić information content (AvgIpc) is 3.17. The van der Waals surface area contributed by atoms with Gasteiger partial charge in [0.2, 0.25) is 5.78 Å². The number of benzene rings is 1. The fraction of sp³-hybridized carbons (Fsp3) is 0.167. The van der Waals surface area contributed by atoms with E-state index in [4.69, 9.17) is 4.74 Å². The molecule has 25 heavy (non-hydrogen) atoms. The van der Waals surface area contributed by atoms with Crippen LogP contribution in [0, 0.1) is 0 Å². The summed E-state index contributed by atoms with van der Waals surface area (Å²) >= 11 is 1.28. The molecule has 3 rings (SSSR count). The summed E-state index contributed by atoms with van der Waals surface area (Å²) in [4.78, 5) is 39.4. The predicted molar refractivity (Wildman–Crippen MR) is 93.2 cm³/mol. The lowest BCUT2D eigenvalue weighted by Crippen LogP contribution is -2.48. The Morgan fingerprint density at radius 1 is 1.16 bits per heavy atom. The van der Waals surface area contributed by atoms with Crippen LogP contribution in [0.3, 0.4) is 0 Å². The van der Waals surface area contributed by atoms with Crippen LogP contribution in [-0.2, 0) is 9.53 Å². The fourth-order valence-corrected chi connectivity index (χ4v) is 3.41. The first kappa shape index (κ1) is 16.9. The number of carbonyl (C=O) groups is 3. The van der Waals surface area contributed by atoms with E-state index in [1.807, 2.05) is 18.2 Å². The van der Waals surface area contributed by atoms with Crippen LogP contribution in [0.15, 0.2) is 59.1 Å². The van der Waals surface area contributed by atoms with Crippen molar-refractivity contribution in [1.82, 2.24) is 10.2 Å². The number of nitrogens with zero attached hydrogens (tertiary/aromatic N) is 1. The molecule has 0 spiro atoms. The molecule has 0 fully saturated rings. The van der Waals surface area contributed by atoms with Gasteiger partial charge in [0.1, 0.15) is 5.70 Å². The summed E-state index contributed by atoms with van der Waals surface area (Å²) in [5.41, 5.74) is 0.867. The Bertz CT molecular complexity index is 843. The molecule has 2 aromatic rings. The Balaban J connectivity index is 2.23. The van der Waals surface area contributed by atoms with Crippen molar-refractivity contribution < 1.29 is 19.1 Å². The average molecular weight is 356 g/mol. The van der Waals surface area contributed by atoms with Crippen molar-refractivity contribution in [2.24, 2.45) is 0 Å². The fourth-order valence-electron chi connectivity index (χ4n) is 2.73. The van der Waals surface area contributed by atoms with Crippen molar-refractivity contribution in [1.29, 1.82) is 0 Å². The van der Waals surface area contributed by atoms with Gasteiger partial charge in [0.15, 0.2) is 0 Å². The van der Waals surface area contributed by atoms with Crippen LogP contribution in [0.1, 0.15) is 21.3 Å². The molecule has 0 saturated carbocycles. The normalized spacial score (nSPS) is 17.3. The quantitative estimate of drug-likeness (QED) is 0.675. The van der Waals surface area contributed by atoms with Gasteiger partial charge in [-0.25, -0.2) is 9.59 Å². The highest BCUT2D eigenvalue weighted by atomic mass is 32.1. The number of amides is 2. The maximum Gasteiger partial charge on any atom is 0.355 e. The number of urea groups is 1. The number of methoxy groups -OCH3 is 1. The number of likely N-dealkylation sites (N-methyl/N-ethyl adjacent to an activating group) is 1. The van der Waals surface area contributed by atoms with Crippen LogP contribution in [0.4, 0.5) is 4.79 Å². The van der Waals surface area contributed by atoms with Gasteiger partial charge in [-0.05, 0) is 17.0 Å². The van der Waals surface area contributed by atoms with Gasteiger partial charge in [-0.15, -0.1) is 11.3 Å². The molecule has 0 aliphatic carbocycles. The van der Waals surface area contributed by atoms with Gasteiger partial charge in [0, 0.05) is 7.05 Å². The van der Waals surface area contributed by atoms with Gasteiger partial charge in [-0.1, -0.05) is 36.4 Å². The number of rotatable bonds is 4. The van der Waals surface area contributed by atoms with E-state index in [-0.39, 0.29) is 17.1 Å². The van der Waals surface area contributed by atoms with E-state index < -0.39 is 18.0 Å². The third kappa shape index (κ3) is 3.06. The Morgan fingerprint density at radius 2 is 1.88 bits per heavy atom. The number of thiophene rings is 1. The van der Waals surface area contributed by atoms with Crippen LogP contribution >= 0.6 is 11.3 Å². The predicted octanol–water partition coefficient (Wildman–Crippen LogP) is 2.75. The maximum atomic E-state index is 13.1. The zero-order valence-corrected chi connectivity index (χ0v) is 14.5. The monoisotopic (exact) mass is 356 g/mol. The molecule has 0 saturated heterocycles. The highest BCUT2D eigenvalue weighted by Gasteiger charge is 2.39. The standard InChI is InChI=1S/C18H16N2O4S/c1-20-15(17(22)24-2)13(16(21)12-9-6-10-25-12)14(19-18(20)23)11-7-4-3-5-8-11/h3-10,14H,1-2H3,(H,19,23). The van der Waals surface area contributed by atoms with E-state index in [0.29, 0.717) is 10.4 Å². The second-order valence-electron chi connectivity index (χ2n) is 5.41. The van der Waals surface area contributed by atoms with E-state index in [9.17, 15) is 14.4 Å². The lowest BCUT2D eigenvalue weighted by Gasteiger charge is -2.33. The van der Waals surface area contributed by atoms with E-state index in [0.717, 1.165) is 4.90 Å². The molecular weight excluding hydrogens is 340 g/mol. The van der Waals surface area contributed by atoms with Crippen molar-refractivity contribution in [3.8, 4) is 0 Å². The molecule has 2 heterocycles. The van der Waals surface area contributed by atoms with Crippen LogP contribution in [0.2, 0.25) is 0 Å². The highest BCUT2D eigenvalue weighted by Crippen LogP contribution is 2.33. The second-order valence-corrected chi connectivity index (χ2v) is 6.36. The molecule has 1 N–H and O–H groups in total. The number of ether oxygens (including phenoxy) is 1. The lowest BCUT2D eigenvalue weighted by molar-refractivity contribution is -0.137. The second kappa shape index (κ2) is 6.90. The third-order valence-corrected chi connectivity index (χ3v) is 4.82. The van der Waals surface area contributed by atoms with Crippen molar-refractivity contribution in [2.75, 3.05) is 14.2 Å². The molecule has 6 nitrogen and oxygen atoms in total. The smallest absolute Gasteiger partial charge is 0.355 e. The minimum Gasteiger partial charge on any atom is -0.464 e. The largest absolute Gasteiger partial charge is 0.464 e. The van der Waals surface area contributed by atoms with Gasteiger partial charge in [0.25, 0.3) is 0 Å². The van der Waals surface area contributed by atoms with Gasteiger partial charge >= 0.3 is 12.0 Å². The SMILES string of the molecule is COC(=O)C1=C(C(=O)c2cccs2)C(c2ccccc2)NC(=O)N1C. The third-order valence-electron chi connectivity index (χ3n) is 3.95. The number of carbonyl (C=O) groups excluding carboxylic acids is 3. The molecular formula is C18H16N2O4S. The molecule has 1 aromatic heterocycles. The maximum absolute atomic E-state index is 13.1. The van der Waals surface area contributed by atoms with E-state index >= 15 is 0 Å². The Morgan fingerprint density at radius 3 is 2.48 bits per heavy atom. The topological polar surface area (TPSA) is 75.7 Å². The lowest BCUT2D eigenvalue weighted by atomic mass is 9.91. The first-order valence-corrected chi connectivity index (χ1v) is 8.42. The molecule has 1 aliphatic rings. The zero-order valence-electron chi connectivity index (χ0n) is 13.7. The molecule has 2 amide bonds. The van der Waals surface area contributed by atoms with E-state index in [1.54, 1.807) is 29.6 Å². The van der Waals surface area contributed by atoms with Crippen molar-refractivity contribution in [3.63, 3.8) is 0 Å². The van der Waals surface area contributed by atoms with Crippen molar-refractivity contribution >= 4 is 29.1 Å². The molecule has 0 bridgehead atoms. The summed E-state index contributed by atoms with van der Waals surface area (Å²) in [5, 5.41) is 4.58. The molecule has 7 heteroatoms. The first-order valence-electron chi connectivity index (χ1n) is 7.54. The summed E-state index contributed by atoms with van der Waals surface area (Å²) in [6, 6.07) is 11.3. The molecule has 1 aliphatic heterocycles. The molecule has 1 atom stereocenters. The zero-order chi connectivity index (χ0) is 18.0. The Hall–Kier alpha value is -2.93. The summed E-state index contributed by atoms with van der Waals surface area (Å²) in [7, 11) is 2.66. The minimum absolute atomic E-state index is 0.0431. The van der Waals surface area contributed by atoms with E-state index in [1.165, 1.54) is 25.5 Å². The van der Waals surface area contributed by atoms with Gasteiger partial charge in [-0.2, -0.15) is 0 Å². The number of hydrogen-bond donors (Lipinski definition) is 1. The first-order chi connectivity index (χ1) is 12.0. The van der Waals surface area contributed by atoms with Crippen LogP contribution in [-0.4, -0.2) is 36.8 Å². The summed E-state index contributed by atoms with van der Waals surface area (Å²) in [6.45, 7) is 0. The van der Waals surface area contributed by atoms with Crippen LogP contribution < -0.4 is 5.32 Å². The molecule has 1 aromatic carbocycles. The number of ketones is 1. The number of esters is 1. The summed E-state index contributed by atoms with van der Waals surface area (Å²) < 4.78 is 4.82. The summed E-state index contributed by atoms with van der Waals surface area (Å²) in [6.07, 6.45) is 0. The summed E-state index contributed by atoms with van der Waals surface area (Å²) in [5.74, 6) is -1.03. The highest BCUT2D eigenvalue weighted by molar-refractivity contribution is 7.12. The number of Topliss-reactive ketones (excluding diaryl/α,β-unsaturated/α-hetero) is 1. The molecule has 1 unspecified atom stereocenters. The van der Waals surface area contributed by atoms with Crippen molar-refractivity contribution in [2.45, 2.75) is 6.04 Å². The molecule has 0 radical (unpaired) electrons. The van der Waals surface area contributed by atoms with Gasteiger partial charge in [-0.3, -0.25) is 9.69 Å². The van der Waals surface area contributed by atoms with Gasteiger partial charge in [0.05, 0.1) is 23.6 Å². The number of hydrogen-bond acceptors (Lipinski definition) is 5.